The van der Waals surface area contributed by atoms with Crippen molar-refractivity contribution in [1.29, 1.82) is 5.26 Å². The van der Waals surface area contributed by atoms with E-state index < -0.39 is 0 Å². The van der Waals surface area contributed by atoms with Gasteiger partial charge in [-0.1, -0.05) is 11.8 Å². The second-order valence-corrected chi connectivity index (χ2v) is 3.45. The highest BCUT2D eigenvalue weighted by Crippen LogP contribution is 2.09. The van der Waals surface area contributed by atoms with Gasteiger partial charge in [0.1, 0.15) is 0 Å². The Morgan fingerprint density at radius 3 is 3.25 bits per heavy atom. The molecule has 0 saturated carbocycles. The predicted octanol–water partition coefficient (Wildman–Crippen LogP) is 0.508. The summed E-state index contributed by atoms with van der Waals surface area (Å²) in [5.74, 6) is 0.309. The summed E-state index contributed by atoms with van der Waals surface area (Å²) in [6, 6.07) is 2.02. The summed E-state index contributed by atoms with van der Waals surface area (Å²) < 4.78 is 0. The first-order valence-electron chi connectivity index (χ1n) is 3.60. The number of amides is 1. The SMILES string of the molecule is C[C@H]1CC(=O)NC(SCC#N)=N1. The van der Waals surface area contributed by atoms with E-state index in [-0.39, 0.29) is 11.9 Å². The molecule has 5 heteroatoms. The van der Waals surface area contributed by atoms with E-state index in [2.05, 4.69) is 10.3 Å². The number of thioether (sulfide) groups is 1. The minimum atomic E-state index is -0.0158. The molecule has 0 saturated heterocycles. The van der Waals surface area contributed by atoms with E-state index >= 15 is 0 Å². The maximum atomic E-state index is 11.0. The van der Waals surface area contributed by atoms with Gasteiger partial charge in [-0.2, -0.15) is 5.26 Å². The molecule has 0 unspecified atom stereocenters. The number of nitriles is 1. The van der Waals surface area contributed by atoms with Crippen LogP contribution < -0.4 is 5.32 Å². The largest absolute Gasteiger partial charge is 0.305 e. The van der Waals surface area contributed by atoms with Gasteiger partial charge in [-0.3, -0.25) is 9.79 Å². The molecule has 1 N–H and O–H groups in total. The summed E-state index contributed by atoms with van der Waals surface area (Å²) in [4.78, 5) is 15.1. The van der Waals surface area contributed by atoms with Crippen molar-refractivity contribution in [2.75, 3.05) is 5.75 Å². The maximum Gasteiger partial charge on any atom is 0.228 e. The fourth-order valence-electron chi connectivity index (χ4n) is 0.891. The summed E-state index contributed by atoms with van der Waals surface area (Å²) in [5, 5.41) is 11.5. The molecular weight excluding hydrogens is 174 g/mol. The van der Waals surface area contributed by atoms with Gasteiger partial charge in [-0.25, -0.2) is 0 Å². The van der Waals surface area contributed by atoms with Crippen molar-refractivity contribution in [3.63, 3.8) is 0 Å². The number of hydrogen-bond acceptors (Lipinski definition) is 4. The summed E-state index contributed by atoms with van der Waals surface area (Å²) in [6.45, 7) is 1.88. The van der Waals surface area contributed by atoms with Gasteiger partial charge in [-0.15, -0.1) is 0 Å². The van der Waals surface area contributed by atoms with Crippen molar-refractivity contribution in [3.05, 3.63) is 0 Å². The van der Waals surface area contributed by atoms with Gasteiger partial charge in [0, 0.05) is 6.42 Å². The molecule has 0 radical (unpaired) electrons. The zero-order chi connectivity index (χ0) is 8.97. The third kappa shape index (κ3) is 2.55. The van der Waals surface area contributed by atoms with Crippen molar-refractivity contribution >= 4 is 22.8 Å². The standard InChI is InChI=1S/C7H9N3OS/c1-5-4-6(11)10-7(9-5)12-3-2-8/h5H,3-4H2,1H3,(H,9,10,11)/t5-/m0/s1. The summed E-state index contributed by atoms with van der Waals surface area (Å²) in [6.07, 6.45) is 0.441. The van der Waals surface area contributed by atoms with E-state index in [1.165, 1.54) is 11.8 Å². The molecule has 1 aliphatic heterocycles. The molecule has 0 bridgehead atoms. The van der Waals surface area contributed by atoms with E-state index in [1.54, 1.807) is 0 Å². The second kappa shape index (κ2) is 4.12. The average Bonchev–Trinajstić information content (AvgIpc) is 1.99. The van der Waals surface area contributed by atoms with Crippen LogP contribution in [-0.4, -0.2) is 22.9 Å². The smallest absolute Gasteiger partial charge is 0.228 e. The fourth-order valence-corrected chi connectivity index (χ4v) is 1.53. The van der Waals surface area contributed by atoms with Crippen LogP contribution in [0.15, 0.2) is 4.99 Å². The van der Waals surface area contributed by atoms with Crippen molar-refractivity contribution in [3.8, 4) is 6.07 Å². The predicted molar refractivity (Wildman–Crippen MR) is 47.7 cm³/mol. The van der Waals surface area contributed by atoms with E-state index in [1.807, 2.05) is 13.0 Å². The Morgan fingerprint density at radius 2 is 2.67 bits per heavy atom. The number of amidine groups is 1. The lowest BCUT2D eigenvalue weighted by Gasteiger charge is -2.16. The number of nitrogens with zero attached hydrogens (tertiary/aromatic N) is 2. The molecule has 0 aromatic rings. The minimum Gasteiger partial charge on any atom is -0.305 e. The van der Waals surface area contributed by atoms with Gasteiger partial charge >= 0.3 is 0 Å². The first-order valence-corrected chi connectivity index (χ1v) is 4.58. The monoisotopic (exact) mass is 183 g/mol. The summed E-state index contributed by atoms with van der Waals surface area (Å²) in [5.41, 5.74) is 0. The van der Waals surface area contributed by atoms with Crippen LogP contribution in [0.5, 0.6) is 0 Å². The third-order valence-electron chi connectivity index (χ3n) is 1.34. The van der Waals surface area contributed by atoms with Crippen LogP contribution >= 0.6 is 11.8 Å². The van der Waals surface area contributed by atoms with Crippen molar-refractivity contribution in [2.24, 2.45) is 4.99 Å². The van der Waals surface area contributed by atoms with Crippen LogP contribution in [-0.2, 0) is 4.79 Å². The molecule has 1 amide bonds. The molecule has 1 aliphatic rings. The first-order chi connectivity index (χ1) is 5.72. The average molecular weight is 183 g/mol. The van der Waals surface area contributed by atoms with E-state index in [4.69, 9.17) is 5.26 Å². The summed E-state index contributed by atoms with van der Waals surface area (Å²) >= 11 is 1.26. The van der Waals surface area contributed by atoms with Gasteiger partial charge in [0.25, 0.3) is 0 Å². The number of nitrogens with one attached hydrogen (secondary N) is 1. The Kier molecular flexibility index (Phi) is 3.11. The second-order valence-electron chi connectivity index (χ2n) is 2.48. The van der Waals surface area contributed by atoms with Gasteiger partial charge in [0.15, 0.2) is 5.17 Å². The lowest BCUT2D eigenvalue weighted by atomic mass is 10.2. The Morgan fingerprint density at radius 1 is 1.92 bits per heavy atom. The van der Waals surface area contributed by atoms with Crippen LogP contribution in [0.3, 0.4) is 0 Å². The fraction of sp³-hybridized carbons (Fsp3) is 0.571. The van der Waals surface area contributed by atoms with Gasteiger partial charge in [0.2, 0.25) is 5.91 Å². The molecule has 1 atom stereocenters. The molecule has 4 nitrogen and oxygen atoms in total. The molecule has 0 fully saturated rings. The summed E-state index contributed by atoms with van der Waals surface area (Å²) in [7, 11) is 0. The molecule has 0 aromatic carbocycles. The number of hydrogen-bond donors (Lipinski definition) is 1. The molecule has 0 aromatic heterocycles. The van der Waals surface area contributed by atoms with Crippen LogP contribution in [0, 0.1) is 11.3 Å². The number of rotatable bonds is 1. The van der Waals surface area contributed by atoms with Gasteiger partial charge in [-0.05, 0) is 6.92 Å². The molecule has 1 heterocycles. The molecular formula is C7H9N3OS. The molecule has 0 aliphatic carbocycles. The van der Waals surface area contributed by atoms with Crippen molar-refractivity contribution in [2.45, 2.75) is 19.4 Å². The Balaban J connectivity index is 2.53. The maximum absolute atomic E-state index is 11.0. The topological polar surface area (TPSA) is 65.2 Å². The van der Waals surface area contributed by atoms with Crippen molar-refractivity contribution < 1.29 is 4.79 Å². The van der Waals surface area contributed by atoms with Crippen LogP contribution in [0.2, 0.25) is 0 Å². The molecule has 12 heavy (non-hydrogen) atoms. The Bertz CT molecular complexity index is 256. The Labute approximate surface area is 75.0 Å². The Hall–Kier alpha value is -1.02. The highest BCUT2D eigenvalue weighted by molar-refractivity contribution is 8.14. The lowest BCUT2D eigenvalue weighted by Crippen LogP contribution is -2.35. The highest BCUT2D eigenvalue weighted by Gasteiger charge is 2.16. The lowest BCUT2D eigenvalue weighted by molar-refractivity contribution is -0.120. The van der Waals surface area contributed by atoms with Crippen LogP contribution in [0.25, 0.3) is 0 Å². The number of aliphatic imine (C=N–C) groups is 1. The highest BCUT2D eigenvalue weighted by atomic mass is 32.2. The van der Waals surface area contributed by atoms with Gasteiger partial charge in [0.05, 0.1) is 17.9 Å². The normalized spacial score (nSPS) is 22.5. The minimum absolute atomic E-state index is 0.0158. The van der Waals surface area contributed by atoms with Crippen molar-refractivity contribution in [1.82, 2.24) is 5.32 Å². The van der Waals surface area contributed by atoms with E-state index in [0.717, 1.165) is 0 Å². The van der Waals surface area contributed by atoms with E-state index in [9.17, 15) is 4.79 Å². The molecule has 0 spiro atoms. The van der Waals surface area contributed by atoms with E-state index in [0.29, 0.717) is 17.3 Å². The molecule has 64 valence electrons. The van der Waals surface area contributed by atoms with Crippen LogP contribution in [0.4, 0.5) is 0 Å². The molecule has 1 rings (SSSR count). The number of carbonyl (C=O) groups is 1. The third-order valence-corrected chi connectivity index (χ3v) is 2.09. The first kappa shape index (κ1) is 9.07. The zero-order valence-corrected chi connectivity index (χ0v) is 7.52. The van der Waals surface area contributed by atoms with Crippen LogP contribution in [0.1, 0.15) is 13.3 Å². The van der Waals surface area contributed by atoms with Gasteiger partial charge < -0.3 is 5.32 Å². The quantitative estimate of drug-likeness (QED) is 0.644. The number of carbonyl (C=O) groups excluding carboxylic acids is 1. The zero-order valence-electron chi connectivity index (χ0n) is 6.70.